The maximum absolute atomic E-state index is 12.9. The first-order valence-electron chi connectivity index (χ1n) is 14.6. The molecule has 0 saturated heterocycles. The number of benzene rings is 1. The molecule has 0 saturated carbocycles. The van der Waals surface area contributed by atoms with Gasteiger partial charge in [-0.05, 0) is 42.7 Å². The molecule has 0 aliphatic heterocycles. The number of rotatable bonds is 20. The standard InChI is InChI=1S/C31H48N4O6S/c1-23-28(42-22-34-23)26-12-10-25(11-13-26)9-7-6-8-14-33-30(38)29(31(3,4)5)35-27(37)21-41-20-19-40-18-17-39-16-15-32-24(2)36/h10-13,22,29H,6-9,14-21H2,1-5H3,(H,32,36)(H,33,38)(H,35,37). The highest BCUT2D eigenvalue weighted by atomic mass is 32.1. The number of hydrogen-bond donors (Lipinski definition) is 3. The highest BCUT2D eigenvalue weighted by Crippen LogP contribution is 2.27. The summed E-state index contributed by atoms with van der Waals surface area (Å²) in [5.41, 5.74) is 5.00. The third-order valence-corrected chi connectivity index (χ3v) is 7.41. The van der Waals surface area contributed by atoms with Gasteiger partial charge in [-0.2, -0.15) is 0 Å². The molecule has 3 amide bonds. The van der Waals surface area contributed by atoms with Crippen LogP contribution >= 0.6 is 11.3 Å². The van der Waals surface area contributed by atoms with Crippen molar-refractivity contribution in [3.63, 3.8) is 0 Å². The monoisotopic (exact) mass is 604 g/mol. The summed E-state index contributed by atoms with van der Waals surface area (Å²) in [6.07, 6.45) is 3.91. The average Bonchev–Trinajstić information content (AvgIpc) is 3.37. The molecule has 10 nitrogen and oxygen atoms in total. The van der Waals surface area contributed by atoms with Crippen LogP contribution in [0.2, 0.25) is 0 Å². The van der Waals surface area contributed by atoms with E-state index in [1.54, 1.807) is 11.3 Å². The summed E-state index contributed by atoms with van der Waals surface area (Å²) in [4.78, 5) is 41.6. The Hall–Kier alpha value is -2.86. The second-order valence-corrected chi connectivity index (χ2v) is 12.0. The molecule has 1 heterocycles. The molecule has 1 atom stereocenters. The summed E-state index contributed by atoms with van der Waals surface area (Å²) in [6.45, 7) is 11.9. The Labute approximate surface area is 254 Å². The van der Waals surface area contributed by atoms with Crippen molar-refractivity contribution in [1.82, 2.24) is 20.9 Å². The number of hydrogen-bond acceptors (Lipinski definition) is 8. The Morgan fingerprint density at radius 3 is 2.17 bits per heavy atom. The van der Waals surface area contributed by atoms with E-state index < -0.39 is 11.5 Å². The van der Waals surface area contributed by atoms with Crippen LogP contribution in [0.3, 0.4) is 0 Å². The topological polar surface area (TPSA) is 128 Å². The van der Waals surface area contributed by atoms with Crippen molar-refractivity contribution in [2.45, 2.75) is 66.3 Å². The summed E-state index contributed by atoms with van der Waals surface area (Å²) < 4.78 is 16.1. The fourth-order valence-corrected chi connectivity index (χ4v) is 4.94. The van der Waals surface area contributed by atoms with Crippen LogP contribution in [0, 0.1) is 12.3 Å². The van der Waals surface area contributed by atoms with Crippen LogP contribution in [0.5, 0.6) is 0 Å². The smallest absolute Gasteiger partial charge is 0.246 e. The Morgan fingerprint density at radius 1 is 0.881 bits per heavy atom. The van der Waals surface area contributed by atoms with Crippen LogP contribution in [0.1, 0.15) is 58.2 Å². The van der Waals surface area contributed by atoms with Gasteiger partial charge in [0.2, 0.25) is 17.7 Å². The van der Waals surface area contributed by atoms with Crippen LogP contribution in [0.15, 0.2) is 29.8 Å². The molecular weight excluding hydrogens is 556 g/mol. The van der Waals surface area contributed by atoms with Crippen molar-refractivity contribution in [2.75, 3.05) is 52.7 Å². The molecule has 11 heteroatoms. The first-order chi connectivity index (χ1) is 20.1. The summed E-state index contributed by atoms with van der Waals surface area (Å²) in [5, 5.41) is 8.44. The van der Waals surface area contributed by atoms with Gasteiger partial charge in [0.25, 0.3) is 0 Å². The summed E-state index contributed by atoms with van der Waals surface area (Å²) in [5.74, 6) is -0.622. The Kier molecular flexibility index (Phi) is 16.3. The fourth-order valence-electron chi connectivity index (χ4n) is 4.13. The zero-order valence-corrected chi connectivity index (χ0v) is 26.6. The van der Waals surface area contributed by atoms with Gasteiger partial charge in [0.15, 0.2) is 0 Å². The zero-order valence-electron chi connectivity index (χ0n) is 25.8. The molecule has 0 fully saturated rings. The minimum absolute atomic E-state index is 0.0895. The maximum atomic E-state index is 12.9. The average molecular weight is 605 g/mol. The van der Waals surface area contributed by atoms with E-state index in [0.29, 0.717) is 39.5 Å². The molecule has 0 bridgehead atoms. The van der Waals surface area contributed by atoms with E-state index >= 15 is 0 Å². The van der Waals surface area contributed by atoms with Crippen molar-refractivity contribution in [2.24, 2.45) is 5.41 Å². The van der Waals surface area contributed by atoms with Gasteiger partial charge in [0, 0.05) is 20.0 Å². The van der Waals surface area contributed by atoms with E-state index in [0.717, 1.165) is 31.4 Å². The van der Waals surface area contributed by atoms with Gasteiger partial charge >= 0.3 is 0 Å². The molecule has 42 heavy (non-hydrogen) atoms. The normalized spacial score (nSPS) is 12.1. The van der Waals surface area contributed by atoms with Crippen molar-refractivity contribution in [3.05, 3.63) is 41.0 Å². The highest BCUT2D eigenvalue weighted by Gasteiger charge is 2.32. The molecule has 0 radical (unpaired) electrons. The lowest BCUT2D eigenvalue weighted by atomic mass is 9.86. The first-order valence-corrected chi connectivity index (χ1v) is 15.5. The number of amides is 3. The number of aryl methyl sites for hydroxylation is 2. The van der Waals surface area contributed by atoms with Crippen LogP contribution in [-0.2, 0) is 35.0 Å². The number of ether oxygens (including phenoxy) is 3. The molecule has 2 aromatic rings. The van der Waals surface area contributed by atoms with Crippen LogP contribution in [-0.4, -0.2) is 81.5 Å². The van der Waals surface area contributed by atoms with E-state index in [4.69, 9.17) is 14.2 Å². The van der Waals surface area contributed by atoms with Gasteiger partial charge in [-0.25, -0.2) is 4.98 Å². The quantitative estimate of drug-likeness (QED) is 0.197. The number of carbonyl (C=O) groups excluding carboxylic acids is 3. The van der Waals surface area contributed by atoms with E-state index in [2.05, 4.69) is 45.2 Å². The molecule has 2 rings (SSSR count). The molecular formula is C31H48N4O6S. The fraction of sp³-hybridized carbons (Fsp3) is 0.613. The number of thiazole rings is 1. The van der Waals surface area contributed by atoms with Gasteiger partial charge in [-0.1, -0.05) is 51.5 Å². The predicted octanol–water partition coefficient (Wildman–Crippen LogP) is 3.66. The van der Waals surface area contributed by atoms with Gasteiger partial charge in [-0.15, -0.1) is 11.3 Å². The van der Waals surface area contributed by atoms with Crippen molar-refractivity contribution in [3.8, 4) is 10.4 Å². The molecule has 1 aromatic heterocycles. The zero-order chi connectivity index (χ0) is 30.8. The second-order valence-electron chi connectivity index (χ2n) is 11.2. The molecule has 0 aliphatic carbocycles. The maximum Gasteiger partial charge on any atom is 0.246 e. The Balaban J connectivity index is 1.56. The Morgan fingerprint density at radius 2 is 1.55 bits per heavy atom. The van der Waals surface area contributed by atoms with E-state index in [-0.39, 0.29) is 30.9 Å². The Bertz CT molecular complexity index is 1080. The van der Waals surface area contributed by atoms with Crippen molar-refractivity contribution < 1.29 is 28.6 Å². The highest BCUT2D eigenvalue weighted by molar-refractivity contribution is 7.13. The third kappa shape index (κ3) is 14.4. The van der Waals surface area contributed by atoms with Gasteiger partial charge in [0.1, 0.15) is 12.6 Å². The van der Waals surface area contributed by atoms with Crippen LogP contribution in [0.4, 0.5) is 0 Å². The number of aromatic nitrogens is 1. The van der Waals surface area contributed by atoms with Crippen LogP contribution < -0.4 is 16.0 Å². The van der Waals surface area contributed by atoms with E-state index in [9.17, 15) is 14.4 Å². The third-order valence-electron chi connectivity index (χ3n) is 6.43. The second kappa shape index (κ2) is 19.4. The van der Waals surface area contributed by atoms with E-state index in [1.807, 2.05) is 33.2 Å². The molecule has 234 valence electrons. The van der Waals surface area contributed by atoms with Gasteiger partial charge in [0.05, 0.1) is 49.1 Å². The molecule has 1 aromatic carbocycles. The van der Waals surface area contributed by atoms with Gasteiger partial charge < -0.3 is 30.2 Å². The van der Waals surface area contributed by atoms with Gasteiger partial charge in [-0.3, -0.25) is 14.4 Å². The predicted molar refractivity (Wildman–Crippen MR) is 165 cm³/mol. The van der Waals surface area contributed by atoms with Crippen molar-refractivity contribution in [1.29, 1.82) is 0 Å². The number of unbranched alkanes of at least 4 members (excludes halogenated alkanes) is 2. The SMILES string of the molecule is CC(=O)NCCOCCOCCOCC(=O)NC(C(=O)NCCCCCc1ccc(-c2scnc2C)cc1)C(C)(C)C. The number of carbonyl (C=O) groups is 3. The largest absolute Gasteiger partial charge is 0.377 e. The number of nitrogens with zero attached hydrogens (tertiary/aromatic N) is 1. The lowest BCUT2D eigenvalue weighted by molar-refractivity contribution is -0.134. The van der Waals surface area contributed by atoms with Crippen molar-refractivity contribution >= 4 is 29.1 Å². The number of nitrogens with one attached hydrogen (secondary N) is 3. The first kappa shape index (κ1) is 35.3. The van der Waals surface area contributed by atoms with Crippen LogP contribution in [0.25, 0.3) is 10.4 Å². The molecule has 0 aliphatic rings. The summed E-state index contributed by atoms with van der Waals surface area (Å²) in [7, 11) is 0. The molecule has 0 spiro atoms. The van der Waals surface area contributed by atoms with E-state index in [1.165, 1.54) is 22.9 Å². The molecule has 3 N–H and O–H groups in total. The minimum atomic E-state index is -0.666. The summed E-state index contributed by atoms with van der Waals surface area (Å²) in [6, 6.07) is 8.01. The summed E-state index contributed by atoms with van der Waals surface area (Å²) >= 11 is 1.66. The lowest BCUT2D eigenvalue weighted by Crippen LogP contribution is -2.54. The lowest BCUT2D eigenvalue weighted by Gasteiger charge is -2.30. The minimum Gasteiger partial charge on any atom is -0.377 e. The molecule has 1 unspecified atom stereocenters.